The van der Waals surface area contributed by atoms with E-state index in [1.807, 2.05) is 0 Å². The van der Waals surface area contributed by atoms with Gasteiger partial charge in [0.15, 0.2) is 5.82 Å². The highest BCUT2D eigenvalue weighted by molar-refractivity contribution is 5.84. The number of rotatable bonds is 10. The quantitative estimate of drug-likeness (QED) is 0.365. The number of benzene rings is 1. The zero-order valence-corrected chi connectivity index (χ0v) is 20.9. The summed E-state index contributed by atoms with van der Waals surface area (Å²) < 4.78 is 53.2. The number of halogens is 3. The van der Waals surface area contributed by atoms with Crippen LogP contribution < -0.4 is 10.1 Å². The Morgan fingerprint density at radius 3 is 2.79 bits per heavy atom. The van der Waals surface area contributed by atoms with Crippen LogP contribution in [-0.4, -0.2) is 64.8 Å². The topological polar surface area (TPSA) is 96.7 Å². The van der Waals surface area contributed by atoms with Crippen molar-refractivity contribution < 1.29 is 32.9 Å². The van der Waals surface area contributed by atoms with Gasteiger partial charge in [-0.05, 0) is 37.1 Å². The average Bonchev–Trinajstić information content (AvgIpc) is 2.92. The smallest absolute Gasteiger partial charge is 0.213 e. The molecule has 10 heteroatoms. The van der Waals surface area contributed by atoms with Gasteiger partial charge in [-0.3, -0.25) is 4.98 Å². The molecule has 1 unspecified atom stereocenters. The molecule has 1 aliphatic heterocycles. The number of methoxy groups -OCH3 is 1. The molecule has 4 atom stereocenters. The first-order valence-electron chi connectivity index (χ1n) is 12.3. The van der Waals surface area contributed by atoms with Crippen molar-refractivity contribution in [2.24, 2.45) is 0 Å². The first kappa shape index (κ1) is 27.7. The van der Waals surface area contributed by atoms with Crippen molar-refractivity contribution in [2.45, 2.75) is 43.6 Å². The zero-order chi connectivity index (χ0) is 27.1. The van der Waals surface area contributed by atoms with Crippen LogP contribution in [0.25, 0.3) is 23.2 Å². The number of hydrogen-bond donors (Lipinski definition) is 3. The summed E-state index contributed by atoms with van der Waals surface area (Å²) in [6.45, 7) is -0.0501. The minimum atomic E-state index is -0.970. The third kappa shape index (κ3) is 6.96. The molecule has 1 aliphatic rings. The van der Waals surface area contributed by atoms with Crippen LogP contribution in [-0.2, 0) is 4.74 Å². The van der Waals surface area contributed by atoms with Gasteiger partial charge in [-0.25, -0.2) is 18.2 Å². The van der Waals surface area contributed by atoms with Gasteiger partial charge in [0.1, 0.15) is 17.2 Å². The van der Waals surface area contributed by atoms with Gasteiger partial charge in [-0.2, -0.15) is 0 Å². The molecular formula is C28H30F3N3O4. The predicted octanol–water partition coefficient (Wildman–Crippen LogP) is 4.03. The van der Waals surface area contributed by atoms with E-state index < -0.39 is 36.3 Å². The van der Waals surface area contributed by atoms with E-state index in [0.29, 0.717) is 36.3 Å². The van der Waals surface area contributed by atoms with Crippen LogP contribution >= 0.6 is 0 Å². The monoisotopic (exact) mass is 529 g/mol. The van der Waals surface area contributed by atoms with Crippen molar-refractivity contribution in [1.29, 1.82) is 0 Å². The van der Waals surface area contributed by atoms with Gasteiger partial charge in [0.2, 0.25) is 5.88 Å². The lowest BCUT2D eigenvalue weighted by molar-refractivity contribution is -0.0714. The normalized spacial score (nSPS) is 20.9. The van der Waals surface area contributed by atoms with Gasteiger partial charge in [0, 0.05) is 36.2 Å². The highest BCUT2D eigenvalue weighted by Crippen LogP contribution is 2.27. The van der Waals surface area contributed by atoms with Crippen LogP contribution in [0.2, 0.25) is 0 Å². The molecule has 3 heterocycles. The second kappa shape index (κ2) is 13.0. The average molecular weight is 530 g/mol. The SMILES string of the molecule is COc1ccc2ncc(F)c(C=C[C@@H]3CC[C@@H](NCC=Cc4cc(F)ccc4F)[C@@H](CC(O)CO)O3)c2n1. The molecule has 0 radical (unpaired) electrons. The highest BCUT2D eigenvalue weighted by atomic mass is 19.1. The van der Waals surface area contributed by atoms with E-state index in [-0.39, 0.29) is 29.7 Å². The third-order valence-corrected chi connectivity index (χ3v) is 6.39. The lowest BCUT2D eigenvalue weighted by Crippen LogP contribution is -2.48. The Morgan fingerprint density at radius 1 is 1.16 bits per heavy atom. The molecule has 4 rings (SSSR count). The van der Waals surface area contributed by atoms with E-state index in [0.717, 1.165) is 24.4 Å². The number of nitrogens with zero attached hydrogens (tertiary/aromatic N) is 2. The molecule has 7 nitrogen and oxygen atoms in total. The van der Waals surface area contributed by atoms with Crippen molar-refractivity contribution in [3.8, 4) is 5.88 Å². The van der Waals surface area contributed by atoms with E-state index in [1.54, 1.807) is 30.4 Å². The largest absolute Gasteiger partial charge is 0.481 e. The second-order valence-electron chi connectivity index (χ2n) is 9.05. The first-order valence-corrected chi connectivity index (χ1v) is 12.3. The molecule has 0 saturated carbocycles. The summed E-state index contributed by atoms with van der Waals surface area (Å²) in [6.07, 6.45) is 7.37. The van der Waals surface area contributed by atoms with E-state index in [9.17, 15) is 23.4 Å². The number of pyridine rings is 2. The minimum Gasteiger partial charge on any atom is -0.481 e. The number of aliphatic hydroxyl groups is 2. The molecule has 0 amide bonds. The van der Waals surface area contributed by atoms with Crippen molar-refractivity contribution in [2.75, 3.05) is 20.3 Å². The molecule has 38 heavy (non-hydrogen) atoms. The number of fused-ring (bicyclic) bond motifs is 1. The van der Waals surface area contributed by atoms with Crippen LogP contribution in [0.5, 0.6) is 5.88 Å². The maximum absolute atomic E-state index is 14.7. The van der Waals surface area contributed by atoms with Crippen LogP contribution in [0.1, 0.15) is 30.4 Å². The standard InChI is InChI=1S/C28H30F3N3O4/c1-37-27-11-10-25-28(34-27)21(23(31)15-33-25)7-5-20-6-9-24(26(38-20)14-19(36)16-35)32-12-2-3-17-13-18(29)4-8-22(17)30/h2-5,7-8,10-11,13,15,19-20,24,26,32,35-36H,6,9,12,14,16H2,1H3/t19?,20-,24-,26-/m1/s1. The Kier molecular flexibility index (Phi) is 9.46. The molecular weight excluding hydrogens is 499 g/mol. The van der Waals surface area contributed by atoms with Gasteiger partial charge < -0.3 is 25.0 Å². The summed E-state index contributed by atoms with van der Waals surface area (Å²) in [5.74, 6) is -1.23. The van der Waals surface area contributed by atoms with Gasteiger partial charge in [-0.15, -0.1) is 0 Å². The van der Waals surface area contributed by atoms with Crippen LogP contribution in [0, 0.1) is 17.5 Å². The molecule has 0 bridgehead atoms. The molecule has 0 spiro atoms. The van der Waals surface area contributed by atoms with Crippen molar-refractivity contribution in [1.82, 2.24) is 15.3 Å². The molecule has 2 aromatic heterocycles. The molecule has 3 aromatic rings. The summed E-state index contributed by atoms with van der Waals surface area (Å²) in [7, 11) is 1.48. The van der Waals surface area contributed by atoms with Gasteiger partial charge in [0.05, 0.1) is 43.7 Å². The fourth-order valence-electron chi connectivity index (χ4n) is 4.42. The van der Waals surface area contributed by atoms with Gasteiger partial charge in [-0.1, -0.05) is 24.3 Å². The summed E-state index contributed by atoms with van der Waals surface area (Å²) in [5.41, 5.74) is 1.30. The zero-order valence-electron chi connectivity index (χ0n) is 20.9. The van der Waals surface area contributed by atoms with E-state index in [2.05, 4.69) is 15.3 Å². The number of nitrogens with one attached hydrogen (secondary N) is 1. The van der Waals surface area contributed by atoms with Crippen molar-refractivity contribution >= 4 is 23.2 Å². The Labute approximate surface area is 218 Å². The van der Waals surface area contributed by atoms with Crippen LogP contribution in [0.4, 0.5) is 13.2 Å². The predicted molar refractivity (Wildman–Crippen MR) is 138 cm³/mol. The first-order chi connectivity index (χ1) is 18.4. The number of ether oxygens (including phenoxy) is 2. The Hall–Kier alpha value is -3.31. The summed E-state index contributed by atoms with van der Waals surface area (Å²) >= 11 is 0. The van der Waals surface area contributed by atoms with Gasteiger partial charge >= 0.3 is 0 Å². The number of hydrogen-bond acceptors (Lipinski definition) is 7. The van der Waals surface area contributed by atoms with Crippen molar-refractivity contribution in [3.63, 3.8) is 0 Å². The molecule has 1 aromatic carbocycles. The second-order valence-corrected chi connectivity index (χ2v) is 9.05. The molecule has 202 valence electrons. The third-order valence-electron chi connectivity index (χ3n) is 6.39. The molecule has 1 saturated heterocycles. The number of aliphatic hydroxyl groups excluding tert-OH is 2. The highest BCUT2D eigenvalue weighted by Gasteiger charge is 2.31. The fraction of sp³-hybridized carbons (Fsp3) is 0.357. The Morgan fingerprint density at radius 2 is 2.00 bits per heavy atom. The lowest BCUT2D eigenvalue weighted by Gasteiger charge is -2.37. The van der Waals surface area contributed by atoms with Crippen LogP contribution in [0.15, 0.2) is 48.7 Å². The van der Waals surface area contributed by atoms with Crippen molar-refractivity contribution in [3.05, 3.63) is 77.3 Å². The maximum atomic E-state index is 14.7. The maximum Gasteiger partial charge on any atom is 0.213 e. The lowest BCUT2D eigenvalue weighted by atomic mass is 9.94. The van der Waals surface area contributed by atoms with E-state index >= 15 is 0 Å². The summed E-state index contributed by atoms with van der Waals surface area (Å²) in [4.78, 5) is 8.41. The van der Waals surface area contributed by atoms with Crippen LogP contribution in [0.3, 0.4) is 0 Å². The molecule has 0 aliphatic carbocycles. The number of aromatic nitrogens is 2. The molecule has 1 fully saturated rings. The Bertz CT molecular complexity index is 1300. The fourth-order valence-corrected chi connectivity index (χ4v) is 4.42. The van der Waals surface area contributed by atoms with E-state index in [4.69, 9.17) is 9.47 Å². The molecule has 3 N–H and O–H groups in total. The minimum absolute atomic E-state index is 0.145. The summed E-state index contributed by atoms with van der Waals surface area (Å²) in [6, 6.07) is 6.45. The summed E-state index contributed by atoms with van der Waals surface area (Å²) in [5, 5.41) is 22.7. The Balaban J connectivity index is 1.44. The van der Waals surface area contributed by atoms with Gasteiger partial charge in [0.25, 0.3) is 0 Å². The van der Waals surface area contributed by atoms with E-state index in [1.165, 1.54) is 13.2 Å².